The van der Waals surface area contributed by atoms with Gasteiger partial charge in [-0.15, -0.1) is 0 Å². The molecular weight excluding hydrogens is 216 g/mol. The van der Waals surface area contributed by atoms with Crippen LogP contribution in [-0.2, 0) is 6.42 Å². The van der Waals surface area contributed by atoms with Crippen LogP contribution in [0, 0.1) is 0 Å². The van der Waals surface area contributed by atoms with Crippen LogP contribution in [0.2, 0.25) is 0 Å². The van der Waals surface area contributed by atoms with E-state index in [2.05, 4.69) is 22.2 Å². The third-order valence-corrected chi connectivity index (χ3v) is 2.92. The summed E-state index contributed by atoms with van der Waals surface area (Å²) in [4.78, 5) is 10.6. The zero-order valence-corrected chi connectivity index (χ0v) is 11.1. The van der Waals surface area contributed by atoms with E-state index in [0.717, 1.165) is 30.0 Å². The van der Waals surface area contributed by atoms with Crippen molar-refractivity contribution in [2.24, 2.45) is 0 Å². The van der Waals surface area contributed by atoms with Gasteiger partial charge in [-0.1, -0.05) is 13.3 Å². The second-order valence-corrected chi connectivity index (χ2v) is 4.17. The first-order valence-electron chi connectivity index (χ1n) is 6.01. The highest BCUT2D eigenvalue weighted by Crippen LogP contribution is 2.24. The lowest BCUT2D eigenvalue weighted by atomic mass is 10.1. The Labute approximate surface area is 103 Å². The second-order valence-electron chi connectivity index (χ2n) is 4.17. The Kier molecular flexibility index (Phi) is 5.15. The van der Waals surface area contributed by atoms with Crippen LogP contribution in [0.3, 0.4) is 0 Å². The molecule has 5 heteroatoms. The highest BCUT2D eigenvalue weighted by molar-refractivity contribution is 5.58. The van der Waals surface area contributed by atoms with Gasteiger partial charge in [0.1, 0.15) is 18.0 Å². The van der Waals surface area contributed by atoms with Crippen LogP contribution in [0.4, 0.5) is 11.6 Å². The van der Waals surface area contributed by atoms with Crippen molar-refractivity contribution in [3.8, 4) is 0 Å². The van der Waals surface area contributed by atoms with Crippen LogP contribution in [0.15, 0.2) is 6.33 Å². The number of nitrogens with zero attached hydrogens (tertiary/aromatic N) is 3. The molecule has 96 valence electrons. The molecule has 0 saturated carbocycles. The zero-order chi connectivity index (χ0) is 12.8. The Morgan fingerprint density at radius 1 is 1.47 bits per heavy atom. The number of aliphatic hydroxyl groups excluding tert-OH is 1. The molecule has 5 nitrogen and oxygen atoms in total. The van der Waals surface area contributed by atoms with Crippen LogP contribution >= 0.6 is 0 Å². The topological polar surface area (TPSA) is 61.3 Å². The van der Waals surface area contributed by atoms with Gasteiger partial charge in [-0.2, -0.15) is 0 Å². The summed E-state index contributed by atoms with van der Waals surface area (Å²) < 4.78 is 0. The number of rotatable bonds is 6. The Morgan fingerprint density at radius 3 is 2.71 bits per heavy atom. The summed E-state index contributed by atoms with van der Waals surface area (Å²) in [5.74, 6) is 1.77. The Bertz CT molecular complexity index is 356. The van der Waals surface area contributed by atoms with E-state index < -0.39 is 0 Å². The highest BCUT2D eigenvalue weighted by Gasteiger charge is 2.16. The number of aliphatic hydroxyl groups is 1. The fraction of sp³-hybridized carbons (Fsp3) is 0.667. The molecule has 0 amide bonds. The molecule has 0 aromatic carbocycles. The predicted octanol–water partition coefficient (Wildman–Crippen LogP) is 1.29. The van der Waals surface area contributed by atoms with Crippen molar-refractivity contribution in [2.75, 3.05) is 30.9 Å². The lowest BCUT2D eigenvalue weighted by molar-refractivity contribution is 0.269. The molecule has 1 rings (SSSR count). The fourth-order valence-electron chi connectivity index (χ4n) is 1.73. The van der Waals surface area contributed by atoms with E-state index in [1.165, 1.54) is 0 Å². The molecule has 1 aromatic heterocycles. The maximum absolute atomic E-state index is 9.21. The van der Waals surface area contributed by atoms with E-state index in [-0.39, 0.29) is 12.6 Å². The van der Waals surface area contributed by atoms with Crippen LogP contribution in [0.1, 0.15) is 25.8 Å². The summed E-state index contributed by atoms with van der Waals surface area (Å²) >= 11 is 0. The van der Waals surface area contributed by atoms with Gasteiger partial charge in [0.2, 0.25) is 0 Å². The SMILES string of the molecule is CCCc1c(NC)ncnc1N(C)C(C)CO. The normalized spacial score (nSPS) is 12.3. The average molecular weight is 238 g/mol. The van der Waals surface area contributed by atoms with Crippen molar-refractivity contribution in [3.63, 3.8) is 0 Å². The Hall–Kier alpha value is -1.36. The van der Waals surface area contributed by atoms with Gasteiger partial charge in [0.05, 0.1) is 12.6 Å². The summed E-state index contributed by atoms with van der Waals surface area (Å²) in [5, 5.41) is 12.3. The summed E-state index contributed by atoms with van der Waals surface area (Å²) in [5.41, 5.74) is 1.11. The molecule has 0 aliphatic carbocycles. The lowest BCUT2D eigenvalue weighted by Crippen LogP contribution is -2.33. The second kappa shape index (κ2) is 6.39. The van der Waals surface area contributed by atoms with Crippen molar-refractivity contribution in [1.29, 1.82) is 0 Å². The van der Waals surface area contributed by atoms with E-state index in [1.807, 2.05) is 25.9 Å². The van der Waals surface area contributed by atoms with Crippen LogP contribution in [-0.4, -0.2) is 41.8 Å². The largest absolute Gasteiger partial charge is 0.394 e. The number of anilines is 2. The molecule has 1 aromatic rings. The summed E-state index contributed by atoms with van der Waals surface area (Å²) in [6.07, 6.45) is 3.52. The summed E-state index contributed by atoms with van der Waals surface area (Å²) in [7, 11) is 3.81. The fourth-order valence-corrected chi connectivity index (χ4v) is 1.73. The molecule has 0 radical (unpaired) electrons. The van der Waals surface area contributed by atoms with Crippen molar-refractivity contribution in [3.05, 3.63) is 11.9 Å². The third-order valence-electron chi connectivity index (χ3n) is 2.92. The first-order chi connectivity index (χ1) is 8.15. The molecule has 0 fully saturated rings. The first-order valence-corrected chi connectivity index (χ1v) is 6.01. The maximum atomic E-state index is 9.21. The van der Waals surface area contributed by atoms with Gasteiger partial charge in [-0.25, -0.2) is 9.97 Å². The van der Waals surface area contributed by atoms with Gasteiger partial charge >= 0.3 is 0 Å². The molecule has 2 N–H and O–H groups in total. The molecule has 0 spiro atoms. The number of hydrogen-bond acceptors (Lipinski definition) is 5. The van der Waals surface area contributed by atoms with E-state index in [1.54, 1.807) is 6.33 Å². The van der Waals surface area contributed by atoms with Gasteiger partial charge < -0.3 is 15.3 Å². The quantitative estimate of drug-likeness (QED) is 0.782. The van der Waals surface area contributed by atoms with Gasteiger partial charge in [0.25, 0.3) is 0 Å². The van der Waals surface area contributed by atoms with Crippen molar-refractivity contribution in [1.82, 2.24) is 9.97 Å². The number of hydrogen-bond donors (Lipinski definition) is 2. The maximum Gasteiger partial charge on any atom is 0.137 e. The third kappa shape index (κ3) is 3.06. The van der Waals surface area contributed by atoms with E-state index in [4.69, 9.17) is 0 Å². The van der Waals surface area contributed by atoms with E-state index in [0.29, 0.717) is 0 Å². The first kappa shape index (κ1) is 13.7. The molecule has 0 saturated heterocycles. The monoisotopic (exact) mass is 238 g/mol. The minimum atomic E-state index is 0.0465. The molecular formula is C12H22N4O. The Balaban J connectivity index is 3.12. The molecule has 1 atom stereocenters. The average Bonchev–Trinajstić information content (AvgIpc) is 2.37. The van der Waals surface area contributed by atoms with Gasteiger partial charge in [-0.05, 0) is 13.3 Å². The van der Waals surface area contributed by atoms with Gasteiger partial charge in [0.15, 0.2) is 0 Å². The minimum Gasteiger partial charge on any atom is -0.394 e. The molecule has 1 unspecified atom stereocenters. The van der Waals surface area contributed by atoms with Crippen molar-refractivity contribution < 1.29 is 5.11 Å². The van der Waals surface area contributed by atoms with Crippen LogP contribution in [0.25, 0.3) is 0 Å². The molecule has 17 heavy (non-hydrogen) atoms. The van der Waals surface area contributed by atoms with Gasteiger partial charge in [0, 0.05) is 19.7 Å². The van der Waals surface area contributed by atoms with E-state index in [9.17, 15) is 5.11 Å². The molecule has 1 heterocycles. The van der Waals surface area contributed by atoms with Crippen molar-refractivity contribution >= 4 is 11.6 Å². The van der Waals surface area contributed by atoms with E-state index >= 15 is 0 Å². The number of aromatic nitrogens is 2. The minimum absolute atomic E-state index is 0.0465. The number of likely N-dealkylation sites (N-methyl/N-ethyl adjacent to an activating group) is 1. The molecule has 0 aliphatic rings. The van der Waals surface area contributed by atoms with Crippen LogP contribution < -0.4 is 10.2 Å². The predicted molar refractivity (Wildman–Crippen MR) is 70.5 cm³/mol. The lowest BCUT2D eigenvalue weighted by Gasteiger charge is -2.27. The number of nitrogens with one attached hydrogen (secondary N) is 1. The molecule has 0 bridgehead atoms. The molecule has 0 aliphatic heterocycles. The van der Waals surface area contributed by atoms with Crippen molar-refractivity contribution in [2.45, 2.75) is 32.7 Å². The Morgan fingerprint density at radius 2 is 2.18 bits per heavy atom. The summed E-state index contributed by atoms with van der Waals surface area (Å²) in [6.45, 7) is 4.21. The summed E-state index contributed by atoms with van der Waals surface area (Å²) in [6, 6.07) is 0.0465. The zero-order valence-electron chi connectivity index (χ0n) is 11.1. The van der Waals surface area contributed by atoms with Gasteiger partial charge in [-0.3, -0.25) is 0 Å². The van der Waals surface area contributed by atoms with Crippen LogP contribution in [0.5, 0.6) is 0 Å². The highest BCUT2D eigenvalue weighted by atomic mass is 16.3. The standard InChI is InChI=1S/C12H22N4O/c1-5-6-10-11(13-3)14-8-15-12(10)16(4)9(2)7-17/h8-9,17H,5-7H2,1-4H3,(H,13,14,15). The smallest absolute Gasteiger partial charge is 0.137 e.